The van der Waals surface area contributed by atoms with Crippen LogP contribution >= 0.6 is 11.6 Å². The second-order valence-electron chi connectivity index (χ2n) is 8.94. The zero-order chi connectivity index (χ0) is 25.8. The van der Waals surface area contributed by atoms with Crippen molar-refractivity contribution in [2.75, 3.05) is 18.0 Å². The van der Waals surface area contributed by atoms with Gasteiger partial charge in [-0.1, -0.05) is 31.0 Å². The Kier molecular flexibility index (Phi) is 8.86. The van der Waals surface area contributed by atoms with E-state index in [1.54, 1.807) is 36.4 Å². The lowest BCUT2D eigenvalue weighted by molar-refractivity contribution is -0.200. The van der Waals surface area contributed by atoms with E-state index >= 15 is 0 Å². The van der Waals surface area contributed by atoms with Crippen molar-refractivity contribution in [3.05, 3.63) is 53.1 Å². The number of halogens is 7. The first-order valence-corrected chi connectivity index (χ1v) is 11.9. The molecule has 194 valence electrons. The van der Waals surface area contributed by atoms with E-state index in [1.165, 1.54) is 11.0 Å². The molecule has 2 aromatic rings. The molecule has 3 unspecified atom stereocenters. The Bertz CT molecular complexity index is 981. The van der Waals surface area contributed by atoms with Crippen LogP contribution in [0.5, 0.6) is 11.5 Å². The summed E-state index contributed by atoms with van der Waals surface area (Å²) < 4.78 is 85.0. The highest BCUT2D eigenvalue weighted by Crippen LogP contribution is 2.41. The highest BCUT2D eigenvalue weighted by atomic mass is 35.5. The molecule has 1 N–H and O–H groups in total. The molecule has 0 aliphatic heterocycles. The van der Waals surface area contributed by atoms with Gasteiger partial charge in [0.15, 0.2) is 6.10 Å². The van der Waals surface area contributed by atoms with E-state index in [1.807, 2.05) is 6.92 Å². The molecule has 3 nitrogen and oxygen atoms in total. The van der Waals surface area contributed by atoms with Crippen LogP contribution in [0.25, 0.3) is 0 Å². The molecule has 0 aromatic heterocycles. The molecule has 3 atom stereocenters. The summed E-state index contributed by atoms with van der Waals surface area (Å²) in [5.74, 6) is -1.09. The normalized spacial score (nSPS) is 19.9. The molecular formula is C25H28ClF6NO2. The summed E-state index contributed by atoms with van der Waals surface area (Å²) >= 11 is 6.13. The Labute approximate surface area is 205 Å². The van der Waals surface area contributed by atoms with Crippen LogP contribution in [0.2, 0.25) is 5.02 Å². The van der Waals surface area contributed by atoms with Gasteiger partial charge in [-0.2, -0.15) is 26.3 Å². The van der Waals surface area contributed by atoms with Crippen molar-refractivity contribution < 1.29 is 36.2 Å². The van der Waals surface area contributed by atoms with E-state index in [0.29, 0.717) is 41.5 Å². The number of anilines is 1. The maximum absolute atomic E-state index is 13.3. The van der Waals surface area contributed by atoms with E-state index in [9.17, 15) is 31.4 Å². The predicted molar refractivity (Wildman–Crippen MR) is 123 cm³/mol. The third-order valence-electron chi connectivity index (χ3n) is 6.31. The number of aliphatic hydroxyl groups is 1. The Morgan fingerprint density at radius 3 is 2.43 bits per heavy atom. The lowest BCUT2D eigenvalue weighted by Crippen LogP contribution is -2.44. The van der Waals surface area contributed by atoms with Gasteiger partial charge in [-0.25, -0.2) is 0 Å². The molecule has 35 heavy (non-hydrogen) atoms. The standard InChI is InChI=1S/C25H28ClF6NO2/c1-2-17-12-21(9-10-22(17)26)35-20-8-4-7-19(13-20)33(15-23(34)25(30,31)32)14-16-5-3-6-18(11-16)24(27,28)29/h4,7-10,12-13,16,18,23,34H,2-3,5-6,11,14-15H2,1H3. The number of hydrogen-bond donors (Lipinski definition) is 1. The number of aryl methyl sites for hydroxylation is 1. The van der Waals surface area contributed by atoms with Gasteiger partial charge in [0.25, 0.3) is 0 Å². The molecule has 10 heteroatoms. The predicted octanol–water partition coefficient (Wildman–Crippen LogP) is 7.79. The van der Waals surface area contributed by atoms with Gasteiger partial charge < -0.3 is 14.7 Å². The molecule has 1 saturated carbocycles. The topological polar surface area (TPSA) is 32.7 Å². The number of hydrogen-bond acceptors (Lipinski definition) is 3. The largest absolute Gasteiger partial charge is 0.457 e. The fourth-order valence-electron chi connectivity index (χ4n) is 4.43. The van der Waals surface area contributed by atoms with Crippen molar-refractivity contribution in [2.24, 2.45) is 11.8 Å². The van der Waals surface area contributed by atoms with Crippen molar-refractivity contribution >= 4 is 17.3 Å². The minimum absolute atomic E-state index is 0.0232. The minimum Gasteiger partial charge on any atom is -0.457 e. The van der Waals surface area contributed by atoms with Crippen molar-refractivity contribution in [3.8, 4) is 11.5 Å². The van der Waals surface area contributed by atoms with Crippen LogP contribution < -0.4 is 9.64 Å². The lowest BCUT2D eigenvalue weighted by atomic mass is 9.80. The summed E-state index contributed by atoms with van der Waals surface area (Å²) in [7, 11) is 0. The highest BCUT2D eigenvalue weighted by molar-refractivity contribution is 6.31. The average molecular weight is 524 g/mol. The van der Waals surface area contributed by atoms with Gasteiger partial charge >= 0.3 is 12.4 Å². The molecule has 0 saturated heterocycles. The Hall–Kier alpha value is -2.13. The van der Waals surface area contributed by atoms with E-state index < -0.39 is 36.8 Å². The molecule has 3 rings (SSSR count). The van der Waals surface area contributed by atoms with Crippen molar-refractivity contribution in [1.82, 2.24) is 0 Å². The molecule has 0 spiro atoms. The van der Waals surface area contributed by atoms with Gasteiger partial charge in [0.05, 0.1) is 12.5 Å². The summed E-state index contributed by atoms with van der Waals surface area (Å²) in [6.45, 7) is 1.11. The Morgan fingerprint density at radius 2 is 1.77 bits per heavy atom. The number of benzene rings is 2. The first-order valence-electron chi connectivity index (χ1n) is 11.5. The fraction of sp³-hybridized carbons (Fsp3) is 0.520. The molecule has 1 fully saturated rings. The molecule has 0 amide bonds. The number of aliphatic hydroxyl groups excluding tert-OH is 1. The maximum Gasteiger partial charge on any atom is 0.416 e. The molecule has 1 aliphatic rings. The van der Waals surface area contributed by atoms with Crippen LogP contribution in [0.4, 0.5) is 32.0 Å². The van der Waals surface area contributed by atoms with Crippen LogP contribution in [0.3, 0.4) is 0 Å². The summed E-state index contributed by atoms with van der Waals surface area (Å²) in [5, 5.41) is 10.3. The van der Waals surface area contributed by atoms with Crippen LogP contribution in [0.1, 0.15) is 38.2 Å². The van der Waals surface area contributed by atoms with E-state index in [4.69, 9.17) is 16.3 Å². The molecular weight excluding hydrogens is 496 g/mol. The van der Waals surface area contributed by atoms with Gasteiger partial charge in [-0.3, -0.25) is 0 Å². The van der Waals surface area contributed by atoms with Crippen LogP contribution in [-0.4, -0.2) is 36.7 Å². The minimum atomic E-state index is -4.85. The number of ether oxygens (including phenoxy) is 1. The van der Waals surface area contributed by atoms with Crippen LogP contribution in [0.15, 0.2) is 42.5 Å². The van der Waals surface area contributed by atoms with Gasteiger partial charge in [0.1, 0.15) is 11.5 Å². The Balaban J connectivity index is 1.83. The van der Waals surface area contributed by atoms with Gasteiger partial charge in [0, 0.05) is 23.3 Å². The van der Waals surface area contributed by atoms with Crippen molar-refractivity contribution in [1.29, 1.82) is 0 Å². The number of alkyl halides is 6. The Morgan fingerprint density at radius 1 is 1.06 bits per heavy atom. The zero-order valence-electron chi connectivity index (χ0n) is 19.2. The summed E-state index contributed by atoms with van der Waals surface area (Å²) in [4.78, 5) is 1.30. The average Bonchev–Trinajstić information content (AvgIpc) is 2.79. The smallest absolute Gasteiger partial charge is 0.416 e. The molecule has 0 bridgehead atoms. The van der Waals surface area contributed by atoms with Gasteiger partial charge in [-0.05, 0) is 67.5 Å². The third-order valence-corrected chi connectivity index (χ3v) is 6.68. The molecule has 1 aliphatic carbocycles. The van der Waals surface area contributed by atoms with Crippen molar-refractivity contribution in [2.45, 2.75) is 57.5 Å². The summed E-state index contributed by atoms with van der Waals surface area (Å²) in [6.07, 6.45) is -10.4. The number of nitrogens with zero attached hydrogens (tertiary/aromatic N) is 1. The van der Waals surface area contributed by atoms with Crippen molar-refractivity contribution in [3.63, 3.8) is 0 Å². The SMILES string of the molecule is CCc1cc(Oc2cccc(N(CC3CCCC(C(F)(F)F)C3)CC(O)C(F)(F)F)c2)ccc1Cl. The lowest BCUT2D eigenvalue weighted by Gasteiger charge is -2.36. The van der Waals surface area contributed by atoms with E-state index in [-0.39, 0.29) is 19.4 Å². The van der Waals surface area contributed by atoms with Gasteiger partial charge in [-0.15, -0.1) is 0 Å². The third kappa shape index (κ3) is 7.67. The zero-order valence-corrected chi connectivity index (χ0v) is 19.9. The summed E-state index contributed by atoms with van der Waals surface area (Å²) in [5.41, 5.74) is 1.19. The maximum atomic E-state index is 13.3. The molecule has 0 heterocycles. The first-order chi connectivity index (χ1) is 16.4. The second kappa shape index (κ2) is 11.3. The van der Waals surface area contributed by atoms with E-state index in [0.717, 1.165) is 5.56 Å². The van der Waals surface area contributed by atoms with E-state index in [2.05, 4.69) is 0 Å². The number of rotatable bonds is 8. The van der Waals surface area contributed by atoms with Crippen LogP contribution in [-0.2, 0) is 6.42 Å². The highest BCUT2D eigenvalue weighted by Gasteiger charge is 2.43. The summed E-state index contributed by atoms with van der Waals surface area (Å²) in [6, 6.07) is 11.4. The molecule has 2 aromatic carbocycles. The fourth-order valence-corrected chi connectivity index (χ4v) is 4.68. The quantitative estimate of drug-likeness (QED) is 0.358. The second-order valence-corrected chi connectivity index (χ2v) is 9.35. The van der Waals surface area contributed by atoms with Gasteiger partial charge in [0.2, 0.25) is 0 Å². The first kappa shape index (κ1) is 27.5. The molecule has 0 radical (unpaired) electrons. The van der Waals surface area contributed by atoms with Crippen LogP contribution in [0, 0.1) is 11.8 Å². The monoisotopic (exact) mass is 523 g/mol.